The molecule has 3 aromatic rings. The van der Waals surface area contributed by atoms with Gasteiger partial charge in [0.1, 0.15) is 5.75 Å². The Kier molecular flexibility index (Phi) is 8.33. The molecule has 37 heavy (non-hydrogen) atoms. The van der Waals surface area contributed by atoms with Gasteiger partial charge in [0.2, 0.25) is 10.0 Å². The number of hydrogen-bond donors (Lipinski definition) is 2. The maximum atomic E-state index is 12.0. The van der Waals surface area contributed by atoms with Gasteiger partial charge in [0.25, 0.3) is 11.8 Å². The largest absolute Gasteiger partial charge is 0.493 e. The molecule has 200 valence electrons. The Labute approximate surface area is 218 Å². The highest BCUT2D eigenvalue weighted by atomic mass is 32.2. The molecule has 10 heteroatoms. The Balaban J connectivity index is 1.37. The number of quaternary nitrogens is 1. The van der Waals surface area contributed by atoms with Gasteiger partial charge in [0, 0.05) is 12.3 Å². The highest BCUT2D eigenvalue weighted by Crippen LogP contribution is 2.43. The van der Waals surface area contributed by atoms with E-state index in [0.717, 1.165) is 44.2 Å². The van der Waals surface area contributed by atoms with Gasteiger partial charge in [-0.25, -0.2) is 13.6 Å². The fourth-order valence-corrected chi connectivity index (χ4v) is 5.59. The van der Waals surface area contributed by atoms with Gasteiger partial charge >= 0.3 is 0 Å². The summed E-state index contributed by atoms with van der Waals surface area (Å²) in [6.45, 7) is 1.78. The van der Waals surface area contributed by atoms with E-state index in [2.05, 4.69) is 24.3 Å². The molecule has 1 unspecified atom stereocenters. The van der Waals surface area contributed by atoms with E-state index < -0.39 is 15.6 Å². The van der Waals surface area contributed by atoms with E-state index >= 15 is 0 Å². The number of rotatable bonds is 11. The van der Waals surface area contributed by atoms with Gasteiger partial charge in [-0.1, -0.05) is 49.6 Å². The fourth-order valence-electron chi connectivity index (χ4n) is 5.07. The van der Waals surface area contributed by atoms with Crippen LogP contribution >= 0.6 is 0 Å². The molecule has 3 N–H and O–H groups in total. The summed E-state index contributed by atoms with van der Waals surface area (Å²) in [5.74, 6) is 1.38. The number of hydrogen-bond acceptors (Lipinski definition) is 7. The molecule has 1 aromatic heterocycles. The van der Waals surface area contributed by atoms with E-state index in [9.17, 15) is 13.5 Å². The minimum absolute atomic E-state index is 0.0376. The maximum absolute atomic E-state index is 12.0. The molecule has 0 spiro atoms. The van der Waals surface area contributed by atoms with E-state index in [4.69, 9.17) is 14.3 Å². The Morgan fingerprint density at radius 1 is 1.05 bits per heavy atom. The quantitative estimate of drug-likeness (QED) is 0.287. The molecule has 1 aliphatic carbocycles. The van der Waals surface area contributed by atoms with Crippen LogP contribution in [0, 0.1) is 5.92 Å². The van der Waals surface area contributed by atoms with Crippen molar-refractivity contribution in [1.29, 1.82) is 0 Å². The smallest absolute Gasteiger partial charge is 0.271 e. The molecule has 1 fully saturated rings. The van der Waals surface area contributed by atoms with Crippen molar-refractivity contribution in [2.24, 2.45) is 11.1 Å². The van der Waals surface area contributed by atoms with Crippen molar-refractivity contribution in [2.75, 3.05) is 27.2 Å². The molecular weight excluding hydrogens is 492 g/mol. The number of aliphatic hydroxyl groups is 1. The predicted molar refractivity (Wildman–Crippen MR) is 139 cm³/mol. The lowest BCUT2D eigenvalue weighted by molar-refractivity contribution is -0.905. The normalized spacial score (nSPS) is 16.9. The number of primary sulfonamides is 1. The molecular formula is C27H37N4O5S+. The molecule has 0 aliphatic heterocycles. The van der Waals surface area contributed by atoms with Crippen LogP contribution in [0.1, 0.15) is 55.9 Å². The summed E-state index contributed by atoms with van der Waals surface area (Å²) >= 11 is 0. The highest BCUT2D eigenvalue weighted by molar-refractivity contribution is 7.89. The van der Waals surface area contributed by atoms with Crippen LogP contribution in [0.15, 0.2) is 63.9 Å². The Bertz CT molecular complexity index is 1260. The van der Waals surface area contributed by atoms with Crippen molar-refractivity contribution in [2.45, 2.75) is 55.6 Å². The summed E-state index contributed by atoms with van der Waals surface area (Å²) in [6.07, 6.45) is 5.98. The van der Waals surface area contributed by atoms with Crippen LogP contribution in [-0.2, 0) is 22.2 Å². The van der Waals surface area contributed by atoms with E-state index in [1.54, 1.807) is 12.1 Å². The lowest BCUT2D eigenvalue weighted by Crippen LogP contribution is -2.40. The van der Waals surface area contributed by atoms with Crippen molar-refractivity contribution < 1.29 is 27.2 Å². The zero-order valence-electron chi connectivity index (χ0n) is 21.5. The molecule has 1 heterocycles. The summed E-state index contributed by atoms with van der Waals surface area (Å²) in [5, 5.41) is 25.7. The molecule has 0 amide bonds. The van der Waals surface area contributed by atoms with Crippen LogP contribution in [0.5, 0.6) is 5.75 Å². The summed E-state index contributed by atoms with van der Waals surface area (Å²) in [6, 6.07) is 15.7. The number of ether oxygens (including phenoxy) is 1. The van der Waals surface area contributed by atoms with E-state index in [1.165, 1.54) is 18.6 Å². The maximum Gasteiger partial charge on any atom is 0.271 e. The minimum atomic E-state index is -3.72. The standard InChI is InChI=1S/C27H37N4O5S/c1-31(2,18-9-19-35-23-14-16-24(17-15-23)37(28,33)34)20-25-29-30-26(36-25)27(32,21-10-5-3-6-11-21)22-12-7-4-8-13-22/h3,5-6,10-11,14-17,22,32H,4,7-9,12-13,18-20H2,1-2H3,(H2,28,33,34)/q+1. The first-order valence-corrected chi connectivity index (χ1v) is 14.3. The first-order valence-electron chi connectivity index (χ1n) is 12.8. The number of sulfonamides is 1. The molecule has 1 saturated carbocycles. The zero-order valence-corrected chi connectivity index (χ0v) is 22.4. The zero-order chi connectivity index (χ0) is 26.5. The number of nitrogens with two attached hydrogens (primary N) is 1. The average molecular weight is 530 g/mol. The third kappa shape index (κ3) is 6.75. The van der Waals surface area contributed by atoms with Gasteiger partial charge < -0.3 is 18.7 Å². The van der Waals surface area contributed by atoms with Gasteiger partial charge in [0.05, 0.1) is 32.1 Å². The van der Waals surface area contributed by atoms with Gasteiger partial charge in [-0.15, -0.1) is 10.2 Å². The summed E-state index contributed by atoms with van der Waals surface area (Å²) in [5.41, 5.74) is -0.503. The Hall–Kier alpha value is -2.79. The lowest BCUT2D eigenvalue weighted by Gasteiger charge is -2.36. The first kappa shape index (κ1) is 27.3. The third-order valence-electron chi connectivity index (χ3n) is 7.09. The van der Waals surface area contributed by atoms with E-state index in [0.29, 0.717) is 29.3 Å². The fraction of sp³-hybridized carbons (Fsp3) is 0.481. The van der Waals surface area contributed by atoms with Crippen molar-refractivity contribution in [3.63, 3.8) is 0 Å². The Morgan fingerprint density at radius 3 is 2.38 bits per heavy atom. The minimum Gasteiger partial charge on any atom is -0.493 e. The second kappa shape index (κ2) is 11.3. The number of nitrogens with zero attached hydrogens (tertiary/aromatic N) is 3. The Morgan fingerprint density at radius 2 is 1.73 bits per heavy atom. The molecule has 0 bridgehead atoms. The van der Waals surface area contributed by atoms with Crippen LogP contribution in [0.25, 0.3) is 0 Å². The summed E-state index contributed by atoms with van der Waals surface area (Å²) < 4.78 is 35.2. The van der Waals surface area contributed by atoms with Gasteiger partial charge in [-0.3, -0.25) is 0 Å². The van der Waals surface area contributed by atoms with Crippen molar-refractivity contribution >= 4 is 10.0 Å². The van der Waals surface area contributed by atoms with Gasteiger partial charge in [0.15, 0.2) is 12.1 Å². The molecule has 4 rings (SSSR count). The molecule has 1 aliphatic rings. The number of benzene rings is 2. The van der Waals surface area contributed by atoms with Crippen molar-refractivity contribution in [1.82, 2.24) is 10.2 Å². The monoisotopic (exact) mass is 529 g/mol. The van der Waals surface area contributed by atoms with Crippen LogP contribution < -0.4 is 9.88 Å². The van der Waals surface area contributed by atoms with Crippen LogP contribution in [0.4, 0.5) is 0 Å². The molecule has 0 saturated heterocycles. The molecule has 1 atom stereocenters. The first-order chi connectivity index (χ1) is 17.6. The summed E-state index contributed by atoms with van der Waals surface area (Å²) in [7, 11) is 0.440. The van der Waals surface area contributed by atoms with Crippen LogP contribution in [-0.4, -0.2) is 55.5 Å². The van der Waals surface area contributed by atoms with Gasteiger partial charge in [-0.2, -0.15) is 0 Å². The average Bonchev–Trinajstić information content (AvgIpc) is 3.35. The van der Waals surface area contributed by atoms with E-state index in [-0.39, 0.29) is 16.7 Å². The van der Waals surface area contributed by atoms with E-state index in [1.807, 2.05) is 30.3 Å². The van der Waals surface area contributed by atoms with Crippen molar-refractivity contribution in [3.05, 3.63) is 71.9 Å². The van der Waals surface area contributed by atoms with Gasteiger partial charge in [-0.05, 0) is 42.7 Å². The molecule has 2 aromatic carbocycles. The van der Waals surface area contributed by atoms with Crippen LogP contribution in [0.3, 0.4) is 0 Å². The SMILES string of the molecule is C[N+](C)(CCCOc1ccc(S(N)(=O)=O)cc1)Cc1nnc(C(O)(c2ccccc2)C2CCCCC2)o1. The third-order valence-corrected chi connectivity index (χ3v) is 8.02. The number of aromatic nitrogens is 2. The molecule has 0 radical (unpaired) electrons. The highest BCUT2D eigenvalue weighted by Gasteiger charge is 2.45. The second-order valence-electron chi connectivity index (χ2n) is 10.5. The lowest BCUT2D eigenvalue weighted by atomic mass is 9.73. The second-order valence-corrected chi connectivity index (χ2v) is 12.1. The topological polar surface area (TPSA) is 129 Å². The summed E-state index contributed by atoms with van der Waals surface area (Å²) in [4.78, 5) is 0.0548. The van der Waals surface area contributed by atoms with Crippen LogP contribution in [0.2, 0.25) is 0 Å². The predicted octanol–water partition coefficient (Wildman–Crippen LogP) is 3.58. The van der Waals surface area contributed by atoms with Crippen molar-refractivity contribution in [3.8, 4) is 5.75 Å². The molecule has 9 nitrogen and oxygen atoms in total.